The summed E-state index contributed by atoms with van der Waals surface area (Å²) < 4.78 is 10.9. The van der Waals surface area contributed by atoms with Crippen molar-refractivity contribution >= 4 is 35.6 Å². The number of hydrogen-bond donors (Lipinski definition) is 3. The summed E-state index contributed by atoms with van der Waals surface area (Å²) in [4.78, 5) is 82.9. The molecule has 0 aromatic heterocycles. The van der Waals surface area contributed by atoms with E-state index in [0.717, 1.165) is 5.56 Å². The van der Waals surface area contributed by atoms with Crippen LogP contribution in [0.15, 0.2) is 30.3 Å². The Hall–Kier alpha value is -4.00. The van der Waals surface area contributed by atoms with Crippen LogP contribution in [0.4, 0.5) is 4.79 Å². The average Bonchev–Trinajstić information content (AvgIpc) is 3.52. The van der Waals surface area contributed by atoms with Crippen LogP contribution in [0.5, 0.6) is 0 Å². The Morgan fingerprint density at radius 3 is 2.22 bits per heavy atom. The molecule has 0 aliphatic carbocycles. The number of aliphatic hydroxyl groups is 1. The van der Waals surface area contributed by atoms with Gasteiger partial charge in [-0.2, -0.15) is 0 Å². The van der Waals surface area contributed by atoms with Gasteiger partial charge < -0.3 is 30.1 Å². The highest BCUT2D eigenvalue weighted by molar-refractivity contribution is 5.95. The van der Waals surface area contributed by atoms with Gasteiger partial charge in [-0.05, 0) is 63.9 Å². The first-order chi connectivity index (χ1) is 23.4. The average molecular weight is 701 g/mol. The minimum absolute atomic E-state index is 0.00336. The van der Waals surface area contributed by atoms with Crippen LogP contribution in [-0.2, 0) is 40.1 Å². The second-order valence-corrected chi connectivity index (χ2v) is 15.2. The molecule has 0 bridgehead atoms. The molecule has 1 aromatic carbocycles. The van der Waals surface area contributed by atoms with Crippen molar-refractivity contribution in [3.05, 3.63) is 35.9 Å². The number of hydrogen-bond acceptors (Lipinski definition) is 9. The largest absolute Gasteiger partial charge is 0.460 e. The van der Waals surface area contributed by atoms with Gasteiger partial charge >= 0.3 is 12.1 Å². The molecule has 3 rings (SSSR count). The Balaban J connectivity index is 1.73. The molecule has 2 saturated heterocycles. The lowest BCUT2D eigenvalue weighted by Gasteiger charge is -2.39. The van der Waals surface area contributed by atoms with Gasteiger partial charge in [0.25, 0.3) is 0 Å². The third kappa shape index (κ3) is 12.4. The van der Waals surface area contributed by atoms with Crippen molar-refractivity contribution in [1.29, 1.82) is 0 Å². The van der Waals surface area contributed by atoms with E-state index in [4.69, 9.17) is 9.47 Å². The highest BCUT2D eigenvalue weighted by atomic mass is 16.6. The number of β-amino-alcohol motifs (C(OH)–C–C–N with tert-alkyl or cyclic N) is 1. The number of ketones is 1. The second kappa shape index (κ2) is 18.3. The van der Waals surface area contributed by atoms with E-state index in [2.05, 4.69) is 10.6 Å². The predicted molar refractivity (Wildman–Crippen MR) is 185 cm³/mol. The summed E-state index contributed by atoms with van der Waals surface area (Å²) in [5, 5.41) is 15.4. The molecule has 4 amide bonds. The van der Waals surface area contributed by atoms with Crippen molar-refractivity contribution in [2.24, 2.45) is 17.8 Å². The molecule has 0 spiro atoms. The minimum atomic E-state index is -0.992. The van der Waals surface area contributed by atoms with Gasteiger partial charge in [0, 0.05) is 38.4 Å². The number of ether oxygens (including phenoxy) is 2. The van der Waals surface area contributed by atoms with Gasteiger partial charge in [0.1, 0.15) is 24.3 Å². The van der Waals surface area contributed by atoms with Crippen molar-refractivity contribution in [2.75, 3.05) is 19.6 Å². The smallest absolute Gasteiger partial charge is 0.410 e. The van der Waals surface area contributed by atoms with Crippen molar-refractivity contribution in [1.82, 2.24) is 20.4 Å². The second-order valence-electron chi connectivity index (χ2n) is 15.2. The zero-order valence-corrected chi connectivity index (χ0v) is 30.6. The highest BCUT2D eigenvalue weighted by Gasteiger charge is 2.39. The topological polar surface area (TPSA) is 172 Å². The highest BCUT2D eigenvalue weighted by Crippen LogP contribution is 2.23. The lowest BCUT2D eigenvalue weighted by Crippen LogP contribution is -2.60. The van der Waals surface area contributed by atoms with E-state index < -0.39 is 65.4 Å². The molecule has 13 heteroatoms. The van der Waals surface area contributed by atoms with Crippen molar-refractivity contribution in [2.45, 2.75) is 123 Å². The Morgan fingerprint density at radius 1 is 0.980 bits per heavy atom. The molecule has 13 nitrogen and oxygen atoms in total. The number of nitrogens with zero attached hydrogens (tertiary/aromatic N) is 2. The van der Waals surface area contributed by atoms with Crippen LogP contribution in [0.2, 0.25) is 0 Å². The maximum atomic E-state index is 13.9. The summed E-state index contributed by atoms with van der Waals surface area (Å²) in [5.74, 6) is -3.57. The summed E-state index contributed by atoms with van der Waals surface area (Å²) in [7, 11) is 0. The molecule has 3 N–H and O–H groups in total. The summed E-state index contributed by atoms with van der Waals surface area (Å²) >= 11 is 0. The normalized spacial score (nSPS) is 18.2. The number of nitrogens with one attached hydrogen (secondary N) is 2. The monoisotopic (exact) mass is 700 g/mol. The third-order valence-electron chi connectivity index (χ3n) is 8.75. The molecule has 2 aliphatic heterocycles. The van der Waals surface area contributed by atoms with Gasteiger partial charge in [-0.25, -0.2) is 4.79 Å². The molecule has 1 aromatic rings. The van der Waals surface area contributed by atoms with Crippen molar-refractivity contribution < 1.29 is 43.3 Å². The number of rotatable bonds is 16. The molecule has 50 heavy (non-hydrogen) atoms. The number of carbonyl (C=O) groups excluding carboxylic acids is 6. The third-order valence-corrected chi connectivity index (χ3v) is 8.75. The number of carbonyl (C=O) groups is 6. The van der Waals surface area contributed by atoms with E-state index in [-0.39, 0.29) is 56.7 Å². The molecular weight excluding hydrogens is 644 g/mol. The fourth-order valence-electron chi connectivity index (χ4n) is 6.08. The van der Waals surface area contributed by atoms with Crippen LogP contribution >= 0.6 is 0 Å². The van der Waals surface area contributed by atoms with Gasteiger partial charge in [0.15, 0.2) is 5.78 Å². The van der Waals surface area contributed by atoms with E-state index in [1.165, 1.54) is 9.80 Å². The molecule has 278 valence electrons. The van der Waals surface area contributed by atoms with Crippen LogP contribution in [0.3, 0.4) is 0 Å². The number of aliphatic hydroxyl groups excluding tert-OH is 1. The lowest BCUT2D eigenvalue weighted by atomic mass is 9.89. The molecular formula is C37H56N4O9. The van der Waals surface area contributed by atoms with Gasteiger partial charge in [-0.3, -0.25) is 28.9 Å². The minimum Gasteiger partial charge on any atom is -0.460 e. The first-order valence-corrected chi connectivity index (χ1v) is 17.7. The summed E-state index contributed by atoms with van der Waals surface area (Å²) in [6.45, 7) is 13.4. The first kappa shape index (κ1) is 40.4. The number of likely N-dealkylation sites (tertiary alicyclic amines) is 2. The van der Waals surface area contributed by atoms with Crippen LogP contribution in [0, 0.1) is 17.8 Å². The molecule has 4 atom stereocenters. The first-order valence-electron chi connectivity index (χ1n) is 17.7. The molecule has 2 fully saturated rings. The zero-order chi connectivity index (χ0) is 37.2. The van der Waals surface area contributed by atoms with E-state index in [1.807, 2.05) is 44.2 Å². The number of amides is 4. The van der Waals surface area contributed by atoms with E-state index >= 15 is 0 Å². The Kier molecular flexibility index (Phi) is 14.8. The SMILES string of the molecule is CC(C)C[C@H](NC(=O)[C@@H]1CCCN1C(=O)OCc1ccccc1)C(=O)C[C@@H](CCC(=O)OC(C)(C)C)C(=O)N[C@H](C(=O)N1CC(O)C1)C(C)C. The predicted octanol–water partition coefficient (Wildman–Crippen LogP) is 3.36. The number of benzene rings is 1. The van der Waals surface area contributed by atoms with Gasteiger partial charge in [0.2, 0.25) is 17.7 Å². The quantitative estimate of drug-likeness (QED) is 0.219. The molecule has 2 aliphatic rings. The van der Waals surface area contributed by atoms with Crippen molar-refractivity contribution in [3.63, 3.8) is 0 Å². The van der Waals surface area contributed by atoms with Crippen molar-refractivity contribution in [3.8, 4) is 0 Å². The fraction of sp³-hybridized carbons (Fsp3) is 0.676. The van der Waals surface area contributed by atoms with Gasteiger partial charge in [-0.1, -0.05) is 58.0 Å². The maximum Gasteiger partial charge on any atom is 0.410 e. The van der Waals surface area contributed by atoms with E-state index in [1.54, 1.807) is 34.6 Å². The van der Waals surface area contributed by atoms with E-state index in [9.17, 15) is 33.9 Å². The van der Waals surface area contributed by atoms with Gasteiger partial charge in [0.05, 0.1) is 12.1 Å². The summed E-state index contributed by atoms with van der Waals surface area (Å²) in [6.07, 6.45) is -0.355. The molecule has 0 saturated carbocycles. The number of Topliss-reactive ketones (excluding diaryl/α,β-unsaturated/α-hetero) is 1. The van der Waals surface area contributed by atoms with Crippen LogP contribution in [-0.4, -0.2) is 99.9 Å². The molecule has 2 heterocycles. The standard InChI is InChI=1S/C37H56N4O9/c1-23(2)18-28(38-34(46)29-14-11-17-41(29)36(48)49-22-25-12-9-8-10-13-25)30(43)19-26(15-16-31(44)50-37(5,6)7)33(45)39-32(24(3)4)35(47)40-20-27(42)21-40/h8-10,12-13,23-24,26-29,32,42H,11,14-22H2,1-7H3,(H,38,46)(H,39,45)/t26-,28+,29+,32+/m1/s1. The Morgan fingerprint density at radius 2 is 1.64 bits per heavy atom. The Labute approximate surface area is 295 Å². The van der Waals surface area contributed by atoms with Crippen LogP contribution in [0.1, 0.15) is 92.6 Å². The summed E-state index contributed by atoms with van der Waals surface area (Å²) in [5.41, 5.74) is 0.0772. The van der Waals surface area contributed by atoms with Crippen LogP contribution in [0.25, 0.3) is 0 Å². The zero-order valence-electron chi connectivity index (χ0n) is 30.6. The molecule has 0 radical (unpaired) electrons. The Bertz CT molecular complexity index is 1340. The summed E-state index contributed by atoms with van der Waals surface area (Å²) in [6, 6.07) is 6.56. The van der Waals surface area contributed by atoms with Crippen LogP contribution < -0.4 is 10.6 Å². The fourth-order valence-corrected chi connectivity index (χ4v) is 6.08. The number of esters is 1. The van der Waals surface area contributed by atoms with Gasteiger partial charge in [-0.15, -0.1) is 0 Å². The lowest BCUT2D eigenvalue weighted by molar-refractivity contribution is -0.155. The molecule has 0 unspecified atom stereocenters. The maximum absolute atomic E-state index is 13.9. The van der Waals surface area contributed by atoms with E-state index in [0.29, 0.717) is 25.8 Å².